The van der Waals surface area contributed by atoms with Gasteiger partial charge in [-0.3, -0.25) is 4.90 Å². The van der Waals surface area contributed by atoms with E-state index in [-0.39, 0.29) is 30.0 Å². The lowest BCUT2D eigenvalue weighted by Gasteiger charge is -2.46. The van der Waals surface area contributed by atoms with Crippen molar-refractivity contribution in [1.29, 1.82) is 0 Å². The Morgan fingerprint density at radius 1 is 1.14 bits per heavy atom. The highest BCUT2D eigenvalue weighted by Gasteiger charge is 2.49. The van der Waals surface area contributed by atoms with Crippen molar-refractivity contribution in [1.82, 2.24) is 4.90 Å². The van der Waals surface area contributed by atoms with Gasteiger partial charge in [-0.1, -0.05) is 46.0 Å². The number of nitrogens with zero attached hydrogens (tertiary/aromatic N) is 1. The average molecular weight is 486 g/mol. The first-order chi connectivity index (χ1) is 16.9. The van der Waals surface area contributed by atoms with E-state index in [4.69, 9.17) is 14.2 Å². The van der Waals surface area contributed by atoms with E-state index in [0.717, 1.165) is 56.7 Å². The maximum Gasteiger partial charge on any atom is 0.343 e. The van der Waals surface area contributed by atoms with Crippen molar-refractivity contribution in [3.63, 3.8) is 0 Å². The summed E-state index contributed by atoms with van der Waals surface area (Å²) >= 11 is 0. The third-order valence-corrected chi connectivity index (χ3v) is 9.55. The van der Waals surface area contributed by atoms with Crippen molar-refractivity contribution in [3.8, 4) is 0 Å². The molecule has 0 amide bonds. The zero-order chi connectivity index (χ0) is 24.7. The molecule has 2 saturated heterocycles. The van der Waals surface area contributed by atoms with Crippen LogP contribution in [0, 0.1) is 23.7 Å². The summed E-state index contributed by atoms with van der Waals surface area (Å²) in [6, 6.07) is 0.535. The Morgan fingerprint density at radius 3 is 2.66 bits per heavy atom. The molecule has 3 fully saturated rings. The van der Waals surface area contributed by atoms with Crippen molar-refractivity contribution in [3.05, 3.63) is 34.7 Å². The Morgan fingerprint density at radius 2 is 1.91 bits per heavy atom. The van der Waals surface area contributed by atoms with Crippen LogP contribution in [0.25, 0.3) is 0 Å². The van der Waals surface area contributed by atoms with Crippen molar-refractivity contribution < 1.29 is 24.1 Å². The molecule has 194 valence electrons. The average Bonchev–Trinajstić information content (AvgIpc) is 3.53. The molecule has 1 aliphatic carbocycles. The Kier molecular flexibility index (Phi) is 7.32. The zero-order valence-corrected chi connectivity index (χ0v) is 21.9. The first kappa shape index (κ1) is 24.9. The summed E-state index contributed by atoms with van der Waals surface area (Å²) in [6.45, 7) is 7.26. The van der Waals surface area contributed by atoms with E-state index >= 15 is 0 Å². The lowest BCUT2D eigenvalue weighted by Crippen LogP contribution is -2.54. The van der Waals surface area contributed by atoms with Gasteiger partial charge in [-0.15, -0.1) is 0 Å². The van der Waals surface area contributed by atoms with E-state index in [9.17, 15) is 9.90 Å². The van der Waals surface area contributed by atoms with Crippen LogP contribution in [-0.4, -0.2) is 47.8 Å². The topological polar surface area (TPSA) is 68.2 Å². The minimum Gasteiger partial charge on any atom is -0.492 e. The number of hydrogen-bond acceptors (Lipinski definition) is 6. The van der Waals surface area contributed by atoms with Gasteiger partial charge < -0.3 is 19.3 Å². The fraction of sp³-hybridized carbons (Fsp3) is 0.759. The van der Waals surface area contributed by atoms with Gasteiger partial charge in [-0.05, 0) is 56.9 Å². The van der Waals surface area contributed by atoms with Crippen LogP contribution in [0.2, 0.25) is 0 Å². The zero-order valence-electron chi connectivity index (χ0n) is 21.9. The molecular formula is C29H43NO5. The molecule has 0 bridgehead atoms. The summed E-state index contributed by atoms with van der Waals surface area (Å²) < 4.78 is 17.5. The molecule has 1 N–H and O–H groups in total. The van der Waals surface area contributed by atoms with Crippen LogP contribution >= 0.6 is 0 Å². The van der Waals surface area contributed by atoms with E-state index in [1.54, 1.807) is 14.0 Å². The number of ether oxygens (including phenoxy) is 3. The highest BCUT2D eigenvalue weighted by molar-refractivity contribution is 5.93. The van der Waals surface area contributed by atoms with E-state index in [1.807, 2.05) is 0 Å². The number of fused-ring (bicyclic) bond motifs is 3. The smallest absolute Gasteiger partial charge is 0.343 e. The second-order valence-corrected chi connectivity index (χ2v) is 11.5. The highest BCUT2D eigenvalue weighted by Crippen LogP contribution is 2.49. The number of aliphatic hydroxyl groups excluding tert-OH is 1. The number of allylic oxidation sites excluding steroid dienone is 1. The minimum absolute atomic E-state index is 0.0731. The standard InChI is InChI=1S/C29H43NO5/c1-17(20-9-5-6-10-20)14-15-23(31)21-11-7-12-22-25-18(2)27(34-24(25)13-8-16-30(21)22)28-26(33-4)19(3)29(32)35-28/h13,17-18,20-23,25,31H,5-12,14-16H2,1-4H3/b28-27+/t17-,18+,21+,22+,23+,25-/m1/s1. The van der Waals surface area contributed by atoms with Crippen LogP contribution in [0.4, 0.5) is 0 Å². The lowest BCUT2D eigenvalue weighted by molar-refractivity contribution is -0.133. The number of aliphatic hydroxyl groups is 1. The maximum absolute atomic E-state index is 12.2. The van der Waals surface area contributed by atoms with E-state index < -0.39 is 0 Å². The van der Waals surface area contributed by atoms with Crippen LogP contribution in [-0.2, 0) is 19.0 Å². The first-order valence-corrected chi connectivity index (χ1v) is 13.9. The SMILES string of the molecule is COC1=C(C)C(=O)O/C1=C1/OC2=CCCN3[C@@H](CCC[C@H]3[C@@H](O)CC[C@@H](C)C3CCCC3)[C@H]2[C@@H]1C. The molecule has 4 aliphatic heterocycles. The number of carbonyl (C=O) groups excluding carboxylic acids is 1. The van der Waals surface area contributed by atoms with Crippen molar-refractivity contribution in [2.75, 3.05) is 13.7 Å². The molecule has 0 spiro atoms. The number of carbonyl (C=O) groups is 1. The molecular weight excluding hydrogens is 442 g/mol. The van der Waals surface area contributed by atoms with Gasteiger partial charge in [0.2, 0.25) is 5.76 Å². The predicted octanol–water partition coefficient (Wildman–Crippen LogP) is 5.44. The summed E-state index contributed by atoms with van der Waals surface area (Å²) in [6.07, 6.45) is 13.7. The van der Waals surface area contributed by atoms with Gasteiger partial charge in [0.1, 0.15) is 5.76 Å². The Balaban J connectivity index is 1.32. The summed E-state index contributed by atoms with van der Waals surface area (Å²) in [5.41, 5.74) is 0.487. The fourth-order valence-corrected chi connectivity index (χ4v) is 7.53. The first-order valence-electron chi connectivity index (χ1n) is 13.9. The second-order valence-electron chi connectivity index (χ2n) is 11.5. The van der Waals surface area contributed by atoms with Crippen LogP contribution in [0.3, 0.4) is 0 Å². The molecule has 0 radical (unpaired) electrons. The van der Waals surface area contributed by atoms with Gasteiger partial charge in [0.05, 0.1) is 18.8 Å². The highest BCUT2D eigenvalue weighted by atomic mass is 16.6. The van der Waals surface area contributed by atoms with Crippen LogP contribution in [0.5, 0.6) is 0 Å². The van der Waals surface area contributed by atoms with Crippen LogP contribution in [0.15, 0.2) is 34.7 Å². The second kappa shape index (κ2) is 10.3. The molecule has 5 rings (SSSR count). The van der Waals surface area contributed by atoms with Crippen molar-refractivity contribution >= 4 is 5.97 Å². The fourth-order valence-electron chi connectivity index (χ4n) is 7.53. The van der Waals surface area contributed by atoms with Gasteiger partial charge in [0.15, 0.2) is 11.5 Å². The van der Waals surface area contributed by atoms with Crippen molar-refractivity contribution in [2.45, 2.75) is 103 Å². The number of methoxy groups -OCH3 is 1. The number of piperidine rings is 1. The third-order valence-electron chi connectivity index (χ3n) is 9.55. The van der Waals surface area contributed by atoms with Gasteiger partial charge in [-0.25, -0.2) is 4.79 Å². The summed E-state index contributed by atoms with van der Waals surface area (Å²) in [7, 11) is 1.57. The minimum atomic E-state index is -0.365. The number of hydrogen-bond donors (Lipinski definition) is 1. The van der Waals surface area contributed by atoms with Crippen LogP contribution in [0.1, 0.15) is 85.0 Å². The Bertz CT molecular complexity index is 914. The summed E-state index contributed by atoms with van der Waals surface area (Å²) in [5, 5.41) is 11.4. The summed E-state index contributed by atoms with van der Waals surface area (Å²) in [4.78, 5) is 14.8. The molecule has 1 saturated carbocycles. The largest absolute Gasteiger partial charge is 0.492 e. The predicted molar refractivity (Wildman–Crippen MR) is 134 cm³/mol. The molecule has 6 heteroatoms. The summed E-state index contributed by atoms with van der Waals surface area (Å²) in [5.74, 6) is 4.10. The molecule has 35 heavy (non-hydrogen) atoms. The maximum atomic E-state index is 12.2. The van der Waals surface area contributed by atoms with Gasteiger partial charge in [-0.2, -0.15) is 0 Å². The molecule has 0 aromatic rings. The monoisotopic (exact) mass is 485 g/mol. The van der Waals surface area contributed by atoms with E-state index in [2.05, 4.69) is 24.8 Å². The Labute approximate surface area is 210 Å². The molecule has 0 aromatic heterocycles. The molecule has 6 atom stereocenters. The van der Waals surface area contributed by atoms with Gasteiger partial charge in [0.25, 0.3) is 0 Å². The van der Waals surface area contributed by atoms with E-state index in [0.29, 0.717) is 34.8 Å². The van der Waals surface area contributed by atoms with Gasteiger partial charge in [0, 0.05) is 30.5 Å². The van der Waals surface area contributed by atoms with Crippen molar-refractivity contribution in [2.24, 2.45) is 23.7 Å². The molecule has 4 heterocycles. The molecule has 0 aromatic carbocycles. The van der Waals surface area contributed by atoms with Gasteiger partial charge >= 0.3 is 5.97 Å². The van der Waals surface area contributed by atoms with E-state index in [1.165, 1.54) is 25.7 Å². The number of rotatable bonds is 6. The number of esters is 1. The molecule has 6 nitrogen and oxygen atoms in total. The third kappa shape index (κ3) is 4.57. The molecule has 0 unspecified atom stereocenters. The lowest BCUT2D eigenvalue weighted by atomic mass is 9.78. The quantitative estimate of drug-likeness (QED) is 0.506. The molecule has 5 aliphatic rings. The normalized spacial score (nSPS) is 35.7. The van der Waals surface area contributed by atoms with Crippen LogP contribution < -0.4 is 0 Å². The number of cyclic esters (lactones) is 1. The Hall–Kier alpha value is -1.79.